The fraction of sp³-hybridized carbons (Fsp3) is 0.438. The third-order valence-corrected chi connectivity index (χ3v) is 8.94. The molecule has 2 aromatic carbocycles. The molecule has 0 aliphatic carbocycles. The van der Waals surface area contributed by atoms with Crippen LogP contribution in [0.1, 0.15) is 66.0 Å². The van der Waals surface area contributed by atoms with Crippen LogP contribution in [0.4, 0.5) is 4.39 Å². The monoisotopic (exact) mass is 579 g/mol. The Balaban J connectivity index is 1.16. The van der Waals surface area contributed by atoms with Crippen LogP contribution in [0, 0.1) is 12.7 Å². The molecule has 1 N–H and O–H groups in total. The highest BCUT2D eigenvalue weighted by Gasteiger charge is 2.40. The van der Waals surface area contributed by atoms with Gasteiger partial charge < -0.3 is 19.1 Å². The van der Waals surface area contributed by atoms with E-state index in [9.17, 15) is 9.18 Å². The van der Waals surface area contributed by atoms with E-state index >= 15 is 0 Å². The van der Waals surface area contributed by atoms with Gasteiger partial charge in [-0.15, -0.1) is 0 Å². The molecule has 0 spiro atoms. The number of ether oxygens (including phenoxy) is 2. The van der Waals surface area contributed by atoms with E-state index in [0.29, 0.717) is 36.0 Å². The molecule has 3 aromatic rings. The van der Waals surface area contributed by atoms with Crippen molar-refractivity contribution in [1.29, 1.82) is 0 Å². The number of fused-ring (bicyclic) bond motifs is 1. The third kappa shape index (κ3) is 5.65. The van der Waals surface area contributed by atoms with Crippen molar-refractivity contribution in [3.8, 4) is 5.75 Å². The number of rotatable bonds is 8. The third-order valence-electron chi connectivity index (χ3n) is 8.71. The van der Waals surface area contributed by atoms with Gasteiger partial charge in [0.2, 0.25) is 0 Å². The maximum Gasteiger partial charge on any atom is 0.328 e. The maximum absolute atomic E-state index is 14.9. The zero-order valence-electron chi connectivity index (χ0n) is 23.4. The average molecular weight is 580 g/mol. The average Bonchev–Trinajstić information content (AvgIpc) is 3.40. The molecular weight excluding hydrogens is 545 g/mol. The number of para-hydroxylation sites is 1. The largest absolute Gasteiger partial charge is 0.482 e. The number of hydrogen-bond acceptors (Lipinski definition) is 5. The van der Waals surface area contributed by atoms with Crippen molar-refractivity contribution in [2.75, 3.05) is 19.7 Å². The molecule has 2 fully saturated rings. The van der Waals surface area contributed by atoms with E-state index in [-0.39, 0.29) is 11.9 Å². The van der Waals surface area contributed by atoms with Crippen LogP contribution in [0.5, 0.6) is 5.75 Å². The lowest BCUT2D eigenvalue weighted by atomic mass is 9.86. The minimum Gasteiger partial charge on any atom is -0.482 e. The van der Waals surface area contributed by atoms with Crippen molar-refractivity contribution in [3.63, 3.8) is 0 Å². The molecule has 1 aromatic heterocycles. The molecule has 2 saturated heterocycles. The Morgan fingerprint density at radius 2 is 2.02 bits per heavy atom. The minimum absolute atomic E-state index is 0.136. The molecule has 1 unspecified atom stereocenters. The first-order valence-corrected chi connectivity index (χ1v) is 14.7. The fourth-order valence-electron chi connectivity index (χ4n) is 6.45. The number of aromatic nitrogens is 2. The molecule has 7 nitrogen and oxygen atoms in total. The standard InChI is InChI=1S/C32H35ClFN3O4/c1-20-28(8-9-30(38)39)37(18-24-12-15-40-24)29(35-20)19-36-13-10-21(11-14-36)25-5-3-4-22-17-32(2,41-31(22)25)26-7-6-23(33)16-27(26)34/h3-9,16,21,24H,10-15,17-19H2,1-2H3,(H,38,39)/b9-8+/t24-,32?/m0/s1. The molecule has 0 saturated carbocycles. The van der Waals surface area contributed by atoms with Gasteiger partial charge in [0.05, 0.1) is 30.6 Å². The molecule has 41 heavy (non-hydrogen) atoms. The van der Waals surface area contributed by atoms with E-state index in [1.54, 1.807) is 18.2 Å². The van der Waals surface area contributed by atoms with Crippen molar-refractivity contribution in [2.24, 2.45) is 0 Å². The maximum atomic E-state index is 14.9. The smallest absolute Gasteiger partial charge is 0.328 e. The Labute approximate surface area is 244 Å². The van der Waals surface area contributed by atoms with Crippen molar-refractivity contribution < 1.29 is 23.8 Å². The summed E-state index contributed by atoms with van der Waals surface area (Å²) in [5.41, 5.74) is 3.70. The Kier molecular flexibility index (Phi) is 7.66. The zero-order valence-corrected chi connectivity index (χ0v) is 24.2. The molecule has 9 heteroatoms. The predicted molar refractivity (Wildman–Crippen MR) is 155 cm³/mol. The number of halogens is 2. The molecule has 0 amide bonds. The summed E-state index contributed by atoms with van der Waals surface area (Å²) < 4.78 is 29.2. The Hall–Kier alpha value is -3.20. The number of carboxylic acids is 1. The van der Waals surface area contributed by atoms with Gasteiger partial charge in [0.15, 0.2) is 0 Å². The first-order valence-electron chi connectivity index (χ1n) is 14.3. The van der Waals surface area contributed by atoms with E-state index in [4.69, 9.17) is 31.2 Å². The molecule has 3 aliphatic heterocycles. The van der Waals surface area contributed by atoms with E-state index in [1.165, 1.54) is 17.7 Å². The Bertz CT molecular complexity index is 1490. The molecular formula is C32H35ClFN3O4. The van der Waals surface area contributed by atoms with Crippen LogP contribution in [0.2, 0.25) is 5.02 Å². The molecule has 4 heterocycles. The highest BCUT2D eigenvalue weighted by atomic mass is 35.5. The van der Waals surface area contributed by atoms with Gasteiger partial charge in [-0.05, 0) is 81.5 Å². The SMILES string of the molecule is Cc1nc(CN2CCC(c3cccc4c3OC(C)(c3ccc(Cl)cc3F)C4)CC2)n(C[C@@H]2CCO2)c1/C=C/C(=O)O. The summed E-state index contributed by atoms with van der Waals surface area (Å²) in [4.78, 5) is 18.4. The fourth-order valence-corrected chi connectivity index (χ4v) is 6.61. The van der Waals surface area contributed by atoms with Gasteiger partial charge in [-0.3, -0.25) is 4.90 Å². The second-order valence-electron chi connectivity index (χ2n) is 11.6. The van der Waals surface area contributed by atoms with E-state index in [2.05, 4.69) is 27.7 Å². The van der Waals surface area contributed by atoms with Crippen LogP contribution in [0.3, 0.4) is 0 Å². The lowest BCUT2D eigenvalue weighted by Gasteiger charge is -2.33. The number of imidazole rings is 1. The van der Waals surface area contributed by atoms with Gasteiger partial charge >= 0.3 is 5.97 Å². The van der Waals surface area contributed by atoms with Crippen LogP contribution in [-0.4, -0.2) is 51.3 Å². The van der Waals surface area contributed by atoms with Crippen LogP contribution in [-0.2, 0) is 34.6 Å². The first-order chi connectivity index (χ1) is 19.7. The summed E-state index contributed by atoms with van der Waals surface area (Å²) in [5.74, 6) is 0.852. The van der Waals surface area contributed by atoms with Crippen LogP contribution in [0.15, 0.2) is 42.5 Å². The van der Waals surface area contributed by atoms with Gasteiger partial charge in [-0.25, -0.2) is 14.2 Å². The van der Waals surface area contributed by atoms with E-state index in [1.807, 2.05) is 13.8 Å². The van der Waals surface area contributed by atoms with Gasteiger partial charge in [-0.2, -0.15) is 0 Å². The van der Waals surface area contributed by atoms with Gasteiger partial charge in [0.25, 0.3) is 0 Å². The molecule has 0 bridgehead atoms. The van der Waals surface area contributed by atoms with Gasteiger partial charge in [0, 0.05) is 29.7 Å². The number of aliphatic carboxylic acids is 1. The topological polar surface area (TPSA) is 76.8 Å². The number of nitrogens with zero attached hydrogens (tertiary/aromatic N) is 3. The summed E-state index contributed by atoms with van der Waals surface area (Å²) in [5, 5.41) is 9.54. The van der Waals surface area contributed by atoms with Gasteiger partial charge in [-0.1, -0.05) is 35.9 Å². The second kappa shape index (κ2) is 11.2. The molecule has 2 atom stereocenters. The van der Waals surface area contributed by atoms with Crippen molar-refractivity contribution >= 4 is 23.6 Å². The van der Waals surface area contributed by atoms with Crippen molar-refractivity contribution in [2.45, 2.75) is 70.2 Å². The number of piperidine rings is 1. The predicted octanol–water partition coefficient (Wildman–Crippen LogP) is 6.10. The van der Waals surface area contributed by atoms with Crippen LogP contribution < -0.4 is 4.74 Å². The van der Waals surface area contributed by atoms with E-state index < -0.39 is 11.6 Å². The molecule has 3 aliphatic rings. The highest BCUT2D eigenvalue weighted by molar-refractivity contribution is 6.30. The number of carbonyl (C=O) groups is 1. The quantitative estimate of drug-likeness (QED) is 0.325. The van der Waals surface area contributed by atoms with E-state index in [0.717, 1.165) is 67.5 Å². The Morgan fingerprint density at radius 3 is 2.71 bits per heavy atom. The van der Waals surface area contributed by atoms with Crippen LogP contribution >= 0.6 is 11.6 Å². The van der Waals surface area contributed by atoms with Crippen molar-refractivity contribution in [3.05, 3.63) is 87.2 Å². The lowest BCUT2D eigenvalue weighted by molar-refractivity contribution is -0.131. The highest BCUT2D eigenvalue weighted by Crippen LogP contribution is 2.47. The summed E-state index contributed by atoms with van der Waals surface area (Å²) in [6.45, 7) is 7.82. The molecule has 0 radical (unpaired) electrons. The zero-order chi connectivity index (χ0) is 28.7. The van der Waals surface area contributed by atoms with Gasteiger partial charge in [0.1, 0.15) is 23.0 Å². The number of hydrogen-bond donors (Lipinski definition) is 1. The second-order valence-corrected chi connectivity index (χ2v) is 12.0. The summed E-state index contributed by atoms with van der Waals surface area (Å²) >= 11 is 6.00. The summed E-state index contributed by atoms with van der Waals surface area (Å²) in [6, 6.07) is 11.1. The number of carboxylic acid groups (broad SMARTS) is 1. The molecule has 6 rings (SSSR count). The first kappa shape index (κ1) is 27.9. The summed E-state index contributed by atoms with van der Waals surface area (Å²) in [6.07, 6.45) is 6.50. The normalized spacial score (nSPS) is 23.0. The number of aryl methyl sites for hydroxylation is 1. The van der Waals surface area contributed by atoms with Crippen molar-refractivity contribution in [1.82, 2.24) is 14.5 Å². The number of benzene rings is 2. The lowest BCUT2D eigenvalue weighted by Crippen LogP contribution is -2.35. The Morgan fingerprint density at radius 1 is 1.24 bits per heavy atom. The molecule has 216 valence electrons. The minimum atomic E-state index is -0.976. The number of likely N-dealkylation sites (tertiary alicyclic amines) is 1. The summed E-state index contributed by atoms with van der Waals surface area (Å²) in [7, 11) is 0. The van der Waals surface area contributed by atoms with Crippen LogP contribution in [0.25, 0.3) is 6.08 Å².